The van der Waals surface area contributed by atoms with Gasteiger partial charge in [0, 0.05) is 31.4 Å². The summed E-state index contributed by atoms with van der Waals surface area (Å²) in [5.41, 5.74) is 7.37. The first kappa shape index (κ1) is 34.5. The number of sulfonamides is 1. The number of benzene rings is 3. The van der Waals surface area contributed by atoms with E-state index in [-0.39, 0.29) is 34.8 Å². The Labute approximate surface area is 258 Å². The lowest BCUT2D eigenvalue weighted by Crippen LogP contribution is -2.48. The predicted molar refractivity (Wildman–Crippen MR) is 176 cm³/mol. The largest absolute Gasteiger partial charge is 0.399 e. The number of aliphatic hydroxyl groups excluding tert-OH is 1. The van der Waals surface area contributed by atoms with E-state index in [4.69, 9.17) is 5.73 Å². The van der Waals surface area contributed by atoms with Gasteiger partial charge in [-0.1, -0.05) is 83.5 Å². The maximum atomic E-state index is 13.5. The van der Waals surface area contributed by atoms with Crippen molar-refractivity contribution in [1.29, 1.82) is 0 Å². The van der Waals surface area contributed by atoms with Gasteiger partial charge in [0.05, 0.1) is 17.5 Å². The molecule has 9 heteroatoms. The van der Waals surface area contributed by atoms with Crippen LogP contribution in [0.5, 0.6) is 0 Å². The molecule has 3 aromatic rings. The molecule has 3 rings (SSSR count). The standard InChI is InChI=1S/C34H50N4O4S/c1-25(2)22-38(43(41,42)31-17-15-29(35)16-18-31)30(23-39)12-8-9-19-36-33(40)32(37-24-34(3,4)5)21-26-13-14-27-10-6-7-11-28(27)20-26/h6-7,10-11,13-18,20,25,30,32,37,39H,8-9,12,19,21-24,35H2,1-5H3,(H,36,40)/t30?,32-/m0/s1. The van der Waals surface area contributed by atoms with Crippen LogP contribution in [0.25, 0.3) is 10.8 Å². The third kappa shape index (κ3) is 10.6. The number of nitrogens with zero attached hydrogens (tertiary/aromatic N) is 1. The highest BCUT2D eigenvalue weighted by Gasteiger charge is 2.31. The average Bonchev–Trinajstić information content (AvgIpc) is 2.95. The van der Waals surface area contributed by atoms with Gasteiger partial charge in [-0.25, -0.2) is 8.42 Å². The van der Waals surface area contributed by atoms with Gasteiger partial charge in [-0.05, 0) is 71.2 Å². The van der Waals surface area contributed by atoms with Crippen molar-refractivity contribution in [1.82, 2.24) is 14.9 Å². The van der Waals surface area contributed by atoms with E-state index >= 15 is 0 Å². The van der Waals surface area contributed by atoms with E-state index in [0.717, 1.165) is 10.9 Å². The minimum Gasteiger partial charge on any atom is -0.399 e. The highest BCUT2D eigenvalue weighted by Crippen LogP contribution is 2.23. The second kappa shape index (κ2) is 15.7. The van der Waals surface area contributed by atoms with Crippen molar-refractivity contribution < 1.29 is 18.3 Å². The summed E-state index contributed by atoms with van der Waals surface area (Å²) in [5, 5.41) is 19.1. The van der Waals surface area contributed by atoms with E-state index in [9.17, 15) is 18.3 Å². The minimum absolute atomic E-state index is 0.0236. The van der Waals surface area contributed by atoms with Crippen molar-refractivity contribution in [2.45, 2.75) is 77.3 Å². The highest BCUT2D eigenvalue weighted by molar-refractivity contribution is 7.89. The number of carbonyl (C=O) groups is 1. The first-order chi connectivity index (χ1) is 20.3. The molecule has 0 spiro atoms. The molecule has 8 nitrogen and oxygen atoms in total. The third-order valence-corrected chi connectivity index (χ3v) is 9.29. The van der Waals surface area contributed by atoms with Crippen LogP contribution in [-0.4, -0.2) is 62.1 Å². The Morgan fingerprint density at radius 2 is 1.65 bits per heavy atom. The van der Waals surface area contributed by atoms with Gasteiger partial charge in [-0.3, -0.25) is 4.79 Å². The van der Waals surface area contributed by atoms with Crippen molar-refractivity contribution in [3.63, 3.8) is 0 Å². The van der Waals surface area contributed by atoms with Gasteiger partial charge in [0.25, 0.3) is 0 Å². The lowest BCUT2D eigenvalue weighted by molar-refractivity contribution is -0.123. The summed E-state index contributed by atoms with van der Waals surface area (Å²) in [5.74, 6) is 0.0282. The molecule has 0 aliphatic heterocycles. The van der Waals surface area contributed by atoms with Crippen molar-refractivity contribution in [3.8, 4) is 0 Å². The Morgan fingerprint density at radius 3 is 2.28 bits per heavy atom. The molecule has 0 aliphatic carbocycles. The number of nitrogens with two attached hydrogens (primary N) is 1. The zero-order valence-corrected chi connectivity index (χ0v) is 27.2. The third-order valence-electron chi connectivity index (χ3n) is 7.36. The van der Waals surface area contributed by atoms with Gasteiger partial charge in [-0.2, -0.15) is 4.31 Å². The molecule has 0 bridgehead atoms. The number of unbranched alkanes of at least 4 members (excludes halogenated alkanes) is 1. The van der Waals surface area contributed by atoms with Gasteiger partial charge in [0.1, 0.15) is 0 Å². The summed E-state index contributed by atoms with van der Waals surface area (Å²) >= 11 is 0. The molecular formula is C34H50N4O4S. The minimum atomic E-state index is -3.81. The molecule has 5 N–H and O–H groups in total. The lowest BCUT2D eigenvalue weighted by atomic mass is 9.95. The molecule has 43 heavy (non-hydrogen) atoms. The fourth-order valence-corrected chi connectivity index (χ4v) is 6.84. The van der Waals surface area contributed by atoms with E-state index in [2.05, 4.69) is 61.7 Å². The van der Waals surface area contributed by atoms with Crippen LogP contribution in [0.2, 0.25) is 0 Å². The maximum Gasteiger partial charge on any atom is 0.243 e. The number of hydrogen-bond donors (Lipinski definition) is 4. The number of anilines is 1. The van der Waals surface area contributed by atoms with Crippen molar-refractivity contribution in [2.75, 3.05) is 32.0 Å². The SMILES string of the molecule is CC(C)CN(C(CO)CCCCNC(=O)[C@H](Cc1ccc2ccccc2c1)NCC(C)(C)C)S(=O)(=O)c1ccc(N)cc1. The van der Waals surface area contributed by atoms with Crippen LogP contribution in [0, 0.1) is 11.3 Å². The van der Waals surface area contributed by atoms with E-state index in [1.54, 1.807) is 12.1 Å². The van der Waals surface area contributed by atoms with Crippen molar-refractivity contribution in [3.05, 3.63) is 72.3 Å². The molecule has 1 amide bonds. The van der Waals surface area contributed by atoms with Crippen molar-refractivity contribution in [2.24, 2.45) is 11.3 Å². The molecule has 0 fully saturated rings. The number of amides is 1. The first-order valence-electron chi connectivity index (χ1n) is 15.3. The van der Waals surface area contributed by atoms with Crippen molar-refractivity contribution >= 4 is 32.4 Å². The zero-order valence-electron chi connectivity index (χ0n) is 26.3. The molecule has 0 heterocycles. The maximum absolute atomic E-state index is 13.5. The van der Waals surface area contributed by atoms with Crippen LogP contribution in [0.15, 0.2) is 71.6 Å². The molecule has 0 radical (unpaired) electrons. The zero-order chi connectivity index (χ0) is 31.6. The van der Waals surface area contributed by atoms with Crippen LogP contribution in [-0.2, 0) is 21.2 Å². The normalized spacial score (nSPS) is 13.9. The topological polar surface area (TPSA) is 125 Å². The average molecular weight is 611 g/mol. The van der Waals surface area contributed by atoms with Gasteiger partial charge in [0.2, 0.25) is 15.9 Å². The number of rotatable bonds is 16. The summed E-state index contributed by atoms with van der Waals surface area (Å²) < 4.78 is 28.4. The molecular weight excluding hydrogens is 560 g/mol. The Kier molecular flexibility index (Phi) is 12.6. The summed E-state index contributed by atoms with van der Waals surface area (Å²) in [6, 6.07) is 19.7. The monoisotopic (exact) mass is 610 g/mol. The quantitative estimate of drug-likeness (QED) is 0.134. The van der Waals surface area contributed by atoms with Gasteiger partial charge < -0.3 is 21.5 Å². The number of nitrogens with one attached hydrogen (secondary N) is 2. The molecule has 3 aromatic carbocycles. The van der Waals surface area contributed by atoms with Crippen LogP contribution in [0.3, 0.4) is 0 Å². The van der Waals surface area contributed by atoms with E-state index < -0.39 is 16.1 Å². The first-order valence-corrected chi connectivity index (χ1v) is 16.7. The van der Waals surface area contributed by atoms with Crippen LogP contribution in [0.1, 0.15) is 59.4 Å². The molecule has 1 unspecified atom stereocenters. The number of hydrogen-bond acceptors (Lipinski definition) is 6. The highest BCUT2D eigenvalue weighted by atomic mass is 32.2. The van der Waals surface area contributed by atoms with E-state index in [1.165, 1.54) is 21.8 Å². The Morgan fingerprint density at radius 1 is 0.977 bits per heavy atom. The molecule has 0 aliphatic rings. The second-order valence-corrected chi connectivity index (χ2v) is 14.9. The van der Waals surface area contributed by atoms with Gasteiger partial charge >= 0.3 is 0 Å². The number of aliphatic hydroxyl groups is 1. The van der Waals surface area contributed by atoms with Crippen LogP contribution in [0.4, 0.5) is 5.69 Å². The Balaban J connectivity index is 1.60. The smallest absolute Gasteiger partial charge is 0.243 e. The molecule has 236 valence electrons. The molecule has 0 saturated carbocycles. The molecule has 0 aromatic heterocycles. The molecule has 2 atom stereocenters. The van der Waals surface area contributed by atoms with Crippen LogP contribution < -0.4 is 16.4 Å². The lowest BCUT2D eigenvalue weighted by Gasteiger charge is -2.31. The molecule has 0 saturated heterocycles. The Bertz CT molecular complexity index is 1420. The Hall–Kier alpha value is -2.98. The fourth-order valence-electron chi connectivity index (χ4n) is 5.03. The van der Waals surface area contributed by atoms with E-state index in [0.29, 0.717) is 51.0 Å². The van der Waals surface area contributed by atoms with Gasteiger partial charge in [0.15, 0.2) is 0 Å². The fraction of sp³-hybridized carbons (Fsp3) is 0.500. The summed E-state index contributed by atoms with van der Waals surface area (Å²) in [6.07, 6.45) is 2.38. The summed E-state index contributed by atoms with van der Waals surface area (Å²) in [6.45, 7) is 11.5. The predicted octanol–water partition coefficient (Wildman–Crippen LogP) is 4.96. The number of fused-ring (bicyclic) bond motifs is 1. The van der Waals surface area contributed by atoms with Gasteiger partial charge in [-0.15, -0.1) is 0 Å². The summed E-state index contributed by atoms with van der Waals surface area (Å²) in [4.78, 5) is 13.5. The van der Waals surface area contributed by atoms with Crippen LogP contribution >= 0.6 is 0 Å². The number of nitrogen functional groups attached to an aromatic ring is 1. The summed E-state index contributed by atoms with van der Waals surface area (Å²) in [7, 11) is -3.81. The number of carbonyl (C=O) groups excluding carboxylic acids is 1. The van der Waals surface area contributed by atoms with E-state index in [1.807, 2.05) is 26.0 Å². The second-order valence-electron chi connectivity index (χ2n) is 13.0.